The second-order valence-corrected chi connectivity index (χ2v) is 4.85. The van der Waals surface area contributed by atoms with E-state index in [-0.39, 0.29) is 23.9 Å². The van der Waals surface area contributed by atoms with Crippen LogP contribution in [-0.2, 0) is 9.59 Å². The van der Waals surface area contributed by atoms with Gasteiger partial charge in [-0.05, 0) is 11.4 Å². The molecule has 1 heterocycles. The van der Waals surface area contributed by atoms with Crippen molar-refractivity contribution in [2.24, 2.45) is 0 Å². The van der Waals surface area contributed by atoms with Crippen LogP contribution in [0.5, 0.6) is 0 Å². The van der Waals surface area contributed by atoms with Crippen LogP contribution in [0.3, 0.4) is 0 Å². The van der Waals surface area contributed by atoms with Gasteiger partial charge in [0.2, 0.25) is 0 Å². The topological polar surface area (TPSA) is 34.1 Å². The third-order valence-electron chi connectivity index (χ3n) is 2.36. The molecule has 1 aromatic heterocycles. The Balaban J connectivity index is 2.23. The molecule has 0 aromatic carbocycles. The Morgan fingerprint density at radius 3 is 2.43 bits per heavy atom. The molecule has 0 aliphatic heterocycles. The van der Waals surface area contributed by atoms with Crippen molar-refractivity contribution in [2.75, 3.05) is 0 Å². The van der Waals surface area contributed by atoms with Gasteiger partial charge in [-0.25, -0.2) is 0 Å². The van der Waals surface area contributed by atoms with Gasteiger partial charge in [0.05, 0.1) is 11.4 Å². The Labute approximate surface area is 90.9 Å². The molecule has 1 saturated carbocycles. The molecule has 2 nitrogen and oxygen atoms in total. The minimum absolute atomic E-state index is 0.0243. The molecular formula is C10H9ClO2S. The van der Waals surface area contributed by atoms with E-state index in [0.717, 1.165) is 4.88 Å². The van der Waals surface area contributed by atoms with Gasteiger partial charge in [0.25, 0.3) is 0 Å². The molecule has 0 amide bonds. The van der Waals surface area contributed by atoms with E-state index in [9.17, 15) is 9.59 Å². The van der Waals surface area contributed by atoms with E-state index < -0.39 is 0 Å². The quantitative estimate of drug-likeness (QED) is 0.693. The Morgan fingerprint density at radius 1 is 1.29 bits per heavy atom. The van der Waals surface area contributed by atoms with Gasteiger partial charge in [-0.2, -0.15) is 0 Å². The number of hydrogen-bond acceptors (Lipinski definition) is 3. The summed E-state index contributed by atoms with van der Waals surface area (Å²) >= 11 is 7.48. The maximum atomic E-state index is 11.2. The number of carbonyl (C=O) groups is 2. The van der Waals surface area contributed by atoms with Crippen LogP contribution in [-0.4, -0.2) is 11.6 Å². The highest BCUT2D eigenvalue weighted by Gasteiger charge is 2.28. The predicted octanol–water partition coefficient (Wildman–Crippen LogP) is 2.81. The van der Waals surface area contributed by atoms with Gasteiger partial charge in [-0.3, -0.25) is 9.59 Å². The molecule has 74 valence electrons. The molecule has 14 heavy (non-hydrogen) atoms. The van der Waals surface area contributed by atoms with Crippen molar-refractivity contribution in [1.82, 2.24) is 0 Å². The van der Waals surface area contributed by atoms with Gasteiger partial charge in [0.15, 0.2) is 0 Å². The van der Waals surface area contributed by atoms with Crippen molar-refractivity contribution in [2.45, 2.75) is 25.2 Å². The van der Waals surface area contributed by atoms with Crippen molar-refractivity contribution in [3.05, 3.63) is 21.3 Å². The zero-order valence-electron chi connectivity index (χ0n) is 7.46. The van der Waals surface area contributed by atoms with Crippen LogP contribution in [0.4, 0.5) is 0 Å². The smallest absolute Gasteiger partial charge is 0.140 e. The summed E-state index contributed by atoms with van der Waals surface area (Å²) in [7, 11) is 0. The van der Waals surface area contributed by atoms with Crippen molar-refractivity contribution < 1.29 is 9.59 Å². The first-order chi connectivity index (χ1) is 6.66. The van der Waals surface area contributed by atoms with E-state index in [0.29, 0.717) is 17.9 Å². The van der Waals surface area contributed by atoms with E-state index >= 15 is 0 Å². The molecular weight excluding hydrogens is 220 g/mol. The monoisotopic (exact) mass is 228 g/mol. The van der Waals surface area contributed by atoms with Crippen LogP contribution in [0.25, 0.3) is 0 Å². The summed E-state index contributed by atoms with van der Waals surface area (Å²) in [6.07, 6.45) is 1.04. The largest absolute Gasteiger partial charge is 0.299 e. The highest BCUT2D eigenvalue weighted by atomic mass is 35.5. The third kappa shape index (κ3) is 1.88. The lowest BCUT2D eigenvalue weighted by Gasteiger charge is -2.18. The average molecular weight is 229 g/mol. The number of carbonyl (C=O) groups excluding carboxylic acids is 2. The van der Waals surface area contributed by atoms with Crippen LogP contribution in [0.2, 0.25) is 5.02 Å². The Kier molecular flexibility index (Phi) is 2.70. The van der Waals surface area contributed by atoms with E-state index in [1.54, 1.807) is 0 Å². The summed E-state index contributed by atoms with van der Waals surface area (Å²) in [5.74, 6) is 0.0997. The fourth-order valence-corrected chi connectivity index (χ4v) is 3.08. The van der Waals surface area contributed by atoms with Gasteiger partial charge < -0.3 is 0 Å². The third-order valence-corrected chi connectivity index (χ3v) is 3.88. The molecule has 2 rings (SSSR count). The summed E-state index contributed by atoms with van der Waals surface area (Å²) in [6.45, 7) is 0. The molecule has 0 radical (unpaired) electrons. The standard InChI is InChI=1S/C10H9ClO2S/c11-9-1-2-14-10(9)6-3-7(12)5-8(13)4-6/h1-2,6H,3-5H2. The highest BCUT2D eigenvalue weighted by Crippen LogP contribution is 2.37. The summed E-state index contributed by atoms with van der Waals surface area (Å²) in [5, 5.41) is 2.57. The first kappa shape index (κ1) is 9.87. The first-order valence-corrected chi connectivity index (χ1v) is 5.69. The molecule has 0 spiro atoms. The lowest BCUT2D eigenvalue weighted by Crippen LogP contribution is -2.20. The Hall–Kier alpha value is -0.670. The van der Waals surface area contributed by atoms with Gasteiger partial charge in [-0.15, -0.1) is 11.3 Å². The zero-order valence-corrected chi connectivity index (χ0v) is 9.03. The van der Waals surface area contributed by atoms with Gasteiger partial charge >= 0.3 is 0 Å². The molecule has 1 aliphatic carbocycles. The molecule has 0 N–H and O–H groups in total. The number of ketones is 2. The van der Waals surface area contributed by atoms with Crippen molar-refractivity contribution in [3.8, 4) is 0 Å². The van der Waals surface area contributed by atoms with E-state index in [1.807, 2.05) is 11.4 Å². The number of Topliss-reactive ketones (excluding diaryl/α,β-unsaturated/α-hetero) is 2. The lowest BCUT2D eigenvalue weighted by atomic mass is 9.86. The first-order valence-electron chi connectivity index (χ1n) is 4.43. The molecule has 1 aliphatic rings. The SMILES string of the molecule is O=C1CC(=O)CC(c2sccc2Cl)C1. The van der Waals surface area contributed by atoms with Crippen LogP contribution < -0.4 is 0 Å². The highest BCUT2D eigenvalue weighted by molar-refractivity contribution is 7.10. The number of halogens is 1. The Morgan fingerprint density at radius 2 is 1.93 bits per heavy atom. The van der Waals surface area contributed by atoms with Crippen LogP contribution in [0.1, 0.15) is 30.1 Å². The van der Waals surface area contributed by atoms with Gasteiger partial charge in [-0.1, -0.05) is 11.6 Å². The predicted molar refractivity (Wildman–Crippen MR) is 55.9 cm³/mol. The maximum Gasteiger partial charge on any atom is 0.140 e. The van der Waals surface area contributed by atoms with Crippen LogP contribution in [0, 0.1) is 0 Å². The normalized spacial score (nSPS) is 18.9. The minimum Gasteiger partial charge on any atom is -0.299 e. The Bertz CT molecular complexity index is 367. The van der Waals surface area contributed by atoms with Crippen molar-refractivity contribution in [1.29, 1.82) is 0 Å². The van der Waals surface area contributed by atoms with Crippen LogP contribution in [0.15, 0.2) is 11.4 Å². The molecule has 0 bridgehead atoms. The minimum atomic E-state index is 0.0243. The fourth-order valence-electron chi connectivity index (χ4n) is 1.77. The second-order valence-electron chi connectivity index (χ2n) is 3.49. The van der Waals surface area contributed by atoms with Gasteiger partial charge in [0.1, 0.15) is 11.6 Å². The summed E-state index contributed by atoms with van der Waals surface area (Å²) in [4.78, 5) is 23.4. The average Bonchev–Trinajstić information content (AvgIpc) is 2.49. The number of thiophene rings is 1. The molecule has 0 atom stereocenters. The number of hydrogen-bond donors (Lipinski definition) is 0. The fraction of sp³-hybridized carbons (Fsp3) is 0.400. The maximum absolute atomic E-state index is 11.2. The molecule has 0 unspecified atom stereocenters. The molecule has 1 aromatic rings. The van der Waals surface area contributed by atoms with E-state index in [1.165, 1.54) is 11.3 Å². The zero-order chi connectivity index (χ0) is 10.1. The van der Waals surface area contributed by atoms with Crippen molar-refractivity contribution in [3.63, 3.8) is 0 Å². The second kappa shape index (κ2) is 3.83. The molecule has 0 saturated heterocycles. The molecule has 1 fully saturated rings. The van der Waals surface area contributed by atoms with Gasteiger partial charge in [0, 0.05) is 23.6 Å². The lowest BCUT2D eigenvalue weighted by molar-refractivity contribution is -0.130. The molecule has 4 heteroatoms. The van der Waals surface area contributed by atoms with E-state index in [4.69, 9.17) is 11.6 Å². The van der Waals surface area contributed by atoms with Crippen LogP contribution >= 0.6 is 22.9 Å². The van der Waals surface area contributed by atoms with Crippen molar-refractivity contribution >= 4 is 34.5 Å². The number of rotatable bonds is 1. The summed E-state index contributed by atoms with van der Waals surface area (Å²) in [6, 6.07) is 1.81. The summed E-state index contributed by atoms with van der Waals surface area (Å²) < 4.78 is 0. The van der Waals surface area contributed by atoms with E-state index in [2.05, 4.69) is 0 Å². The summed E-state index contributed by atoms with van der Waals surface area (Å²) in [5.41, 5.74) is 0.